The summed E-state index contributed by atoms with van der Waals surface area (Å²) in [5, 5.41) is 19.5. The molecule has 2 amide bonds. The van der Waals surface area contributed by atoms with Crippen LogP contribution in [-0.2, 0) is 4.79 Å². The zero-order chi connectivity index (χ0) is 11.8. The van der Waals surface area contributed by atoms with Crippen molar-refractivity contribution in [2.24, 2.45) is 0 Å². The maximum absolute atomic E-state index is 11.3. The zero-order valence-electron chi connectivity index (χ0n) is 8.43. The molecule has 0 spiro atoms. The molecule has 0 aliphatic rings. The van der Waals surface area contributed by atoms with Gasteiger partial charge in [-0.2, -0.15) is 0 Å². The summed E-state index contributed by atoms with van der Waals surface area (Å²) in [7, 11) is 1.44. The zero-order valence-corrected chi connectivity index (χ0v) is 8.43. The van der Waals surface area contributed by atoms with Crippen molar-refractivity contribution in [1.82, 2.24) is 10.2 Å². The van der Waals surface area contributed by atoms with E-state index in [4.69, 9.17) is 16.6 Å². The van der Waals surface area contributed by atoms with E-state index in [9.17, 15) is 9.59 Å². The fourth-order valence-electron chi connectivity index (χ4n) is 0.829. The second kappa shape index (κ2) is 6.68. The fourth-order valence-corrected chi connectivity index (χ4v) is 0.829. The maximum Gasteiger partial charge on any atom is 0.327 e. The van der Waals surface area contributed by atoms with Gasteiger partial charge in [0.15, 0.2) is 0 Å². The van der Waals surface area contributed by atoms with Crippen LogP contribution < -0.4 is 5.32 Å². The molecule has 1 unspecified atom stereocenters. The molecule has 0 aromatic heterocycles. The lowest BCUT2D eigenvalue weighted by molar-refractivity contribution is -0.139. The van der Waals surface area contributed by atoms with Crippen LogP contribution >= 0.6 is 0 Å². The molecule has 0 saturated heterocycles. The van der Waals surface area contributed by atoms with Gasteiger partial charge >= 0.3 is 12.0 Å². The van der Waals surface area contributed by atoms with Crippen LogP contribution in [0.5, 0.6) is 0 Å². The van der Waals surface area contributed by atoms with E-state index in [0.717, 1.165) is 0 Å². The van der Waals surface area contributed by atoms with Crippen LogP contribution in [0, 0.1) is 12.3 Å². The number of carboxylic acids is 1. The lowest BCUT2D eigenvalue weighted by Gasteiger charge is -2.19. The Kier molecular flexibility index (Phi) is 5.90. The van der Waals surface area contributed by atoms with Crippen LogP contribution in [0.15, 0.2) is 0 Å². The summed E-state index contributed by atoms with van der Waals surface area (Å²) in [6.45, 7) is -0.0506. The normalized spacial score (nSPS) is 11.3. The summed E-state index contributed by atoms with van der Waals surface area (Å²) in [5.74, 6) is 0.980. The third-order valence-electron chi connectivity index (χ3n) is 1.70. The number of likely N-dealkylation sites (N-methyl/N-ethyl adjacent to an activating group) is 1. The number of rotatable bonds is 5. The number of carbonyl (C=O) groups excluding carboxylic acids is 1. The first-order chi connectivity index (χ1) is 7.02. The van der Waals surface area contributed by atoms with Gasteiger partial charge in [0.25, 0.3) is 0 Å². The molecule has 84 valence electrons. The first kappa shape index (κ1) is 13.3. The van der Waals surface area contributed by atoms with E-state index in [2.05, 4.69) is 11.2 Å². The number of aliphatic hydroxyl groups is 1. The summed E-state index contributed by atoms with van der Waals surface area (Å²) < 4.78 is 0. The number of aliphatic hydroxyl groups excluding tert-OH is 1. The lowest BCUT2D eigenvalue weighted by atomic mass is 10.2. The lowest BCUT2D eigenvalue weighted by Crippen LogP contribution is -2.47. The Morgan fingerprint density at radius 2 is 2.20 bits per heavy atom. The van der Waals surface area contributed by atoms with Gasteiger partial charge < -0.3 is 20.4 Å². The van der Waals surface area contributed by atoms with Crippen molar-refractivity contribution >= 4 is 12.0 Å². The summed E-state index contributed by atoms with van der Waals surface area (Å²) >= 11 is 0. The van der Waals surface area contributed by atoms with Gasteiger partial charge in [0.1, 0.15) is 6.04 Å². The van der Waals surface area contributed by atoms with Gasteiger partial charge in [-0.05, 0) is 0 Å². The number of urea groups is 1. The van der Waals surface area contributed by atoms with E-state index < -0.39 is 18.0 Å². The largest absolute Gasteiger partial charge is 0.480 e. The van der Waals surface area contributed by atoms with Gasteiger partial charge in [0.2, 0.25) is 0 Å². The van der Waals surface area contributed by atoms with Gasteiger partial charge in [0.05, 0.1) is 6.61 Å². The standard InChI is InChI=1S/C9H14N2O4/c1-3-4-7(8(13)14)10-9(15)11(2)5-6-12/h1,7,12H,4-6H2,2H3,(H,10,15)(H,13,14). The molecular formula is C9H14N2O4. The SMILES string of the molecule is C#CCC(NC(=O)N(C)CCO)C(=O)O. The van der Waals surface area contributed by atoms with Crippen molar-refractivity contribution in [1.29, 1.82) is 0 Å². The van der Waals surface area contributed by atoms with E-state index in [-0.39, 0.29) is 19.6 Å². The second-order valence-electron chi connectivity index (χ2n) is 2.89. The van der Waals surface area contributed by atoms with Crippen molar-refractivity contribution < 1.29 is 19.8 Å². The van der Waals surface area contributed by atoms with Crippen LogP contribution in [0.2, 0.25) is 0 Å². The highest BCUT2D eigenvalue weighted by Gasteiger charge is 2.20. The van der Waals surface area contributed by atoms with Crippen LogP contribution in [0.3, 0.4) is 0 Å². The molecule has 15 heavy (non-hydrogen) atoms. The number of carboxylic acid groups (broad SMARTS) is 1. The first-order valence-electron chi connectivity index (χ1n) is 4.31. The Morgan fingerprint density at radius 1 is 1.60 bits per heavy atom. The Balaban J connectivity index is 4.23. The molecule has 0 aromatic carbocycles. The number of terminal acetylenes is 1. The molecule has 0 radical (unpaired) electrons. The van der Waals surface area contributed by atoms with E-state index >= 15 is 0 Å². The number of aliphatic carboxylic acids is 1. The maximum atomic E-state index is 11.3. The number of nitrogens with one attached hydrogen (secondary N) is 1. The summed E-state index contributed by atoms with van der Waals surface area (Å²) in [5.41, 5.74) is 0. The quantitative estimate of drug-likeness (QED) is 0.517. The van der Waals surface area contributed by atoms with Crippen LogP contribution in [-0.4, -0.2) is 53.4 Å². The molecule has 0 saturated carbocycles. The van der Waals surface area contributed by atoms with Gasteiger partial charge in [0, 0.05) is 20.0 Å². The van der Waals surface area contributed by atoms with E-state index in [0.29, 0.717) is 0 Å². The van der Waals surface area contributed by atoms with Crippen molar-refractivity contribution in [2.75, 3.05) is 20.2 Å². The van der Waals surface area contributed by atoms with Gasteiger partial charge in [-0.3, -0.25) is 0 Å². The van der Waals surface area contributed by atoms with Crippen LogP contribution in [0.1, 0.15) is 6.42 Å². The second-order valence-corrected chi connectivity index (χ2v) is 2.89. The number of amides is 2. The Bertz CT molecular complexity index is 272. The van der Waals surface area contributed by atoms with Crippen LogP contribution in [0.4, 0.5) is 4.79 Å². The predicted octanol–water partition coefficient (Wildman–Crippen LogP) is -0.903. The fraction of sp³-hybridized carbons (Fsp3) is 0.556. The topological polar surface area (TPSA) is 89.9 Å². The molecule has 6 nitrogen and oxygen atoms in total. The molecule has 0 bridgehead atoms. The molecule has 0 fully saturated rings. The van der Waals surface area contributed by atoms with Gasteiger partial charge in [-0.15, -0.1) is 12.3 Å². The van der Waals surface area contributed by atoms with Crippen molar-refractivity contribution in [3.8, 4) is 12.3 Å². The molecule has 1 atom stereocenters. The molecule has 0 heterocycles. The Labute approximate surface area is 87.9 Å². The van der Waals surface area contributed by atoms with E-state index in [1.54, 1.807) is 0 Å². The van der Waals surface area contributed by atoms with Gasteiger partial charge in [-0.1, -0.05) is 0 Å². The molecule has 0 aliphatic heterocycles. The van der Waals surface area contributed by atoms with Crippen LogP contribution in [0.25, 0.3) is 0 Å². The molecule has 0 aromatic rings. The summed E-state index contributed by atoms with van der Waals surface area (Å²) in [6, 6.07) is -1.67. The highest BCUT2D eigenvalue weighted by molar-refractivity contribution is 5.82. The number of hydrogen-bond donors (Lipinski definition) is 3. The molecular weight excluding hydrogens is 200 g/mol. The van der Waals surface area contributed by atoms with E-state index in [1.165, 1.54) is 11.9 Å². The first-order valence-corrected chi connectivity index (χ1v) is 4.31. The minimum atomic E-state index is -1.18. The molecule has 3 N–H and O–H groups in total. The minimum absolute atomic E-state index is 0.0754. The number of hydrogen-bond acceptors (Lipinski definition) is 3. The minimum Gasteiger partial charge on any atom is -0.480 e. The number of nitrogens with zero attached hydrogens (tertiary/aromatic N) is 1. The van der Waals surface area contributed by atoms with Crippen molar-refractivity contribution in [3.63, 3.8) is 0 Å². The Morgan fingerprint density at radius 3 is 2.60 bits per heavy atom. The van der Waals surface area contributed by atoms with Crippen molar-refractivity contribution in [3.05, 3.63) is 0 Å². The average molecular weight is 214 g/mol. The average Bonchev–Trinajstić information content (AvgIpc) is 2.17. The monoisotopic (exact) mass is 214 g/mol. The summed E-state index contributed by atoms with van der Waals surface area (Å²) in [4.78, 5) is 23.1. The molecule has 0 rings (SSSR count). The molecule has 6 heteroatoms. The third kappa shape index (κ3) is 4.88. The molecule has 0 aliphatic carbocycles. The summed E-state index contributed by atoms with van der Waals surface area (Å²) in [6.07, 6.45) is 4.88. The smallest absolute Gasteiger partial charge is 0.327 e. The third-order valence-corrected chi connectivity index (χ3v) is 1.70. The Hall–Kier alpha value is -1.74. The number of carbonyl (C=O) groups is 2. The predicted molar refractivity (Wildman–Crippen MR) is 53.1 cm³/mol. The van der Waals surface area contributed by atoms with E-state index in [1.807, 2.05) is 0 Å². The van der Waals surface area contributed by atoms with Gasteiger partial charge in [-0.25, -0.2) is 9.59 Å². The highest BCUT2D eigenvalue weighted by Crippen LogP contribution is 1.93. The highest BCUT2D eigenvalue weighted by atomic mass is 16.4. The van der Waals surface area contributed by atoms with Crippen molar-refractivity contribution in [2.45, 2.75) is 12.5 Å².